The Bertz CT molecular complexity index is 523. The van der Waals surface area contributed by atoms with Crippen molar-refractivity contribution in [3.05, 3.63) is 71.8 Å². The maximum Gasteiger partial charge on any atom is 0.125 e. The van der Waals surface area contributed by atoms with Gasteiger partial charge >= 0.3 is 0 Å². The molecule has 2 rings (SSSR count). The van der Waals surface area contributed by atoms with Crippen molar-refractivity contribution in [2.45, 2.75) is 13.0 Å². The van der Waals surface area contributed by atoms with Crippen LogP contribution in [0.3, 0.4) is 0 Å². The van der Waals surface area contributed by atoms with E-state index in [0.29, 0.717) is 12.3 Å². The molecule has 0 fully saturated rings. The van der Waals surface area contributed by atoms with Crippen LogP contribution >= 0.6 is 0 Å². The van der Waals surface area contributed by atoms with E-state index in [2.05, 4.69) is 5.16 Å². The lowest BCUT2D eigenvalue weighted by molar-refractivity contribution is 0.151. The molecule has 0 aromatic heterocycles. The second kappa shape index (κ2) is 6.71. The molecule has 3 heteroatoms. The fourth-order valence-electron chi connectivity index (χ4n) is 1.80. The first-order valence-electron chi connectivity index (χ1n) is 6.31. The number of aliphatic hydroxyl groups is 1. The minimum absolute atomic E-state index is 0.470. The molecule has 0 aliphatic rings. The number of nitrogens with zero attached hydrogens (tertiary/aromatic N) is 1. The zero-order chi connectivity index (χ0) is 13.5. The highest BCUT2D eigenvalue weighted by atomic mass is 16.6. The monoisotopic (exact) mass is 255 g/mol. The average molecular weight is 255 g/mol. The zero-order valence-corrected chi connectivity index (χ0v) is 10.9. The van der Waals surface area contributed by atoms with E-state index in [1.165, 1.54) is 0 Å². The number of rotatable bonds is 5. The van der Waals surface area contributed by atoms with Crippen molar-refractivity contribution < 1.29 is 9.94 Å². The second-order valence-electron chi connectivity index (χ2n) is 4.07. The third-order valence-electron chi connectivity index (χ3n) is 2.74. The van der Waals surface area contributed by atoms with Gasteiger partial charge in [-0.2, -0.15) is 0 Å². The fourth-order valence-corrected chi connectivity index (χ4v) is 1.80. The van der Waals surface area contributed by atoms with Crippen LogP contribution in [0.5, 0.6) is 0 Å². The molecule has 19 heavy (non-hydrogen) atoms. The minimum atomic E-state index is -0.796. The van der Waals surface area contributed by atoms with E-state index in [4.69, 9.17) is 4.84 Å². The smallest absolute Gasteiger partial charge is 0.125 e. The van der Waals surface area contributed by atoms with Crippen LogP contribution in [-0.2, 0) is 4.84 Å². The van der Waals surface area contributed by atoms with Crippen LogP contribution in [0.2, 0.25) is 0 Å². The third-order valence-corrected chi connectivity index (χ3v) is 2.74. The van der Waals surface area contributed by atoms with Gasteiger partial charge in [-0.05, 0) is 12.5 Å². The molecular formula is C16H17NO2. The van der Waals surface area contributed by atoms with Gasteiger partial charge < -0.3 is 9.94 Å². The van der Waals surface area contributed by atoms with Gasteiger partial charge in [0.1, 0.15) is 18.4 Å². The first kappa shape index (κ1) is 13.3. The van der Waals surface area contributed by atoms with E-state index >= 15 is 0 Å². The molecular weight excluding hydrogens is 238 g/mol. The Hall–Kier alpha value is -2.13. The van der Waals surface area contributed by atoms with Crippen molar-refractivity contribution in [3.63, 3.8) is 0 Å². The van der Waals surface area contributed by atoms with E-state index in [1.807, 2.05) is 67.6 Å². The number of oxime groups is 1. The van der Waals surface area contributed by atoms with Crippen molar-refractivity contribution >= 4 is 5.71 Å². The van der Waals surface area contributed by atoms with E-state index < -0.39 is 6.10 Å². The minimum Gasteiger partial charge on any atom is -0.396 e. The summed E-state index contributed by atoms with van der Waals surface area (Å²) in [6, 6.07) is 19.0. The van der Waals surface area contributed by atoms with Crippen molar-refractivity contribution in [3.8, 4) is 0 Å². The Morgan fingerprint density at radius 3 is 2.21 bits per heavy atom. The van der Waals surface area contributed by atoms with Crippen LogP contribution in [0, 0.1) is 0 Å². The largest absolute Gasteiger partial charge is 0.396 e. The van der Waals surface area contributed by atoms with Crippen molar-refractivity contribution in [2.75, 3.05) is 6.61 Å². The standard InChI is InChI=1S/C16H17NO2/c1-2-19-17-15(13-9-5-3-6-10-13)16(18)14-11-7-4-8-12-14/h3-12,16,18H,2H2,1H3. The molecule has 1 atom stereocenters. The molecule has 3 nitrogen and oxygen atoms in total. The molecule has 0 radical (unpaired) electrons. The number of benzene rings is 2. The van der Waals surface area contributed by atoms with Crippen LogP contribution in [-0.4, -0.2) is 17.4 Å². The summed E-state index contributed by atoms with van der Waals surface area (Å²) < 4.78 is 0. The molecule has 98 valence electrons. The fraction of sp³-hybridized carbons (Fsp3) is 0.188. The van der Waals surface area contributed by atoms with Gasteiger partial charge in [-0.15, -0.1) is 0 Å². The SMILES string of the molecule is CCON=C(c1ccccc1)C(O)c1ccccc1. The van der Waals surface area contributed by atoms with E-state index in [-0.39, 0.29) is 0 Å². The molecule has 0 bridgehead atoms. The van der Waals surface area contributed by atoms with Crippen LogP contribution in [0.15, 0.2) is 65.8 Å². The molecule has 2 aromatic rings. The Morgan fingerprint density at radius 1 is 1.05 bits per heavy atom. The highest BCUT2D eigenvalue weighted by Gasteiger charge is 2.17. The lowest BCUT2D eigenvalue weighted by Gasteiger charge is -2.14. The molecule has 0 aliphatic heterocycles. The van der Waals surface area contributed by atoms with Crippen molar-refractivity contribution in [1.29, 1.82) is 0 Å². The summed E-state index contributed by atoms with van der Waals surface area (Å²) in [6.07, 6.45) is -0.796. The summed E-state index contributed by atoms with van der Waals surface area (Å²) in [5.74, 6) is 0. The Morgan fingerprint density at radius 2 is 1.63 bits per heavy atom. The lowest BCUT2D eigenvalue weighted by atomic mass is 9.99. The molecule has 0 aliphatic carbocycles. The average Bonchev–Trinajstić information content (AvgIpc) is 2.49. The van der Waals surface area contributed by atoms with Crippen LogP contribution < -0.4 is 0 Å². The van der Waals surface area contributed by atoms with Crippen molar-refractivity contribution in [1.82, 2.24) is 0 Å². The summed E-state index contributed by atoms with van der Waals surface area (Å²) in [6.45, 7) is 2.33. The molecule has 0 saturated carbocycles. The summed E-state index contributed by atoms with van der Waals surface area (Å²) in [7, 11) is 0. The van der Waals surface area contributed by atoms with E-state index in [0.717, 1.165) is 11.1 Å². The highest BCUT2D eigenvalue weighted by Crippen LogP contribution is 2.19. The molecule has 1 unspecified atom stereocenters. The molecule has 0 amide bonds. The topological polar surface area (TPSA) is 41.8 Å². The molecule has 1 N–H and O–H groups in total. The first-order valence-corrected chi connectivity index (χ1v) is 6.31. The van der Waals surface area contributed by atoms with Gasteiger partial charge in [-0.1, -0.05) is 65.8 Å². The van der Waals surface area contributed by atoms with Gasteiger partial charge in [-0.25, -0.2) is 0 Å². The predicted octanol–water partition coefficient (Wildman–Crippen LogP) is 3.16. The van der Waals surface area contributed by atoms with Gasteiger partial charge in [0.05, 0.1) is 0 Å². The highest BCUT2D eigenvalue weighted by molar-refractivity contribution is 6.03. The quantitative estimate of drug-likeness (QED) is 0.658. The van der Waals surface area contributed by atoms with Crippen molar-refractivity contribution in [2.24, 2.45) is 5.16 Å². The summed E-state index contributed by atoms with van der Waals surface area (Å²) >= 11 is 0. The number of hydrogen-bond donors (Lipinski definition) is 1. The summed E-state index contributed by atoms with van der Waals surface area (Å²) in [5.41, 5.74) is 2.17. The predicted molar refractivity (Wildman–Crippen MR) is 76.0 cm³/mol. The number of aliphatic hydroxyl groups excluding tert-OH is 1. The van der Waals surface area contributed by atoms with Gasteiger partial charge in [0.2, 0.25) is 0 Å². The molecule has 0 heterocycles. The second-order valence-corrected chi connectivity index (χ2v) is 4.07. The lowest BCUT2D eigenvalue weighted by Crippen LogP contribution is -2.14. The summed E-state index contributed by atoms with van der Waals surface area (Å²) in [5, 5.41) is 14.5. The Kier molecular flexibility index (Phi) is 4.70. The Balaban J connectivity index is 2.34. The maximum atomic E-state index is 10.4. The van der Waals surface area contributed by atoms with Gasteiger partial charge in [0.15, 0.2) is 0 Å². The van der Waals surface area contributed by atoms with Gasteiger partial charge in [0.25, 0.3) is 0 Å². The molecule has 2 aromatic carbocycles. The summed E-state index contributed by atoms with van der Waals surface area (Å²) in [4.78, 5) is 5.12. The van der Waals surface area contributed by atoms with Crippen LogP contribution in [0.25, 0.3) is 0 Å². The Labute approximate surface area is 113 Å². The normalized spacial score (nSPS) is 13.1. The van der Waals surface area contributed by atoms with Gasteiger partial charge in [0, 0.05) is 5.56 Å². The zero-order valence-electron chi connectivity index (χ0n) is 10.9. The van der Waals surface area contributed by atoms with Gasteiger partial charge in [-0.3, -0.25) is 0 Å². The van der Waals surface area contributed by atoms with E-state index in [1.54, 1.807) is 0 Å². The molecule has 0 spiro atoms. The number of hydrogen-bond acceptors (Lipinski definition) is 3. The first-order chi connectivity index (χ1) is 9.33. The maximum absolute atomic E-state index is 10.4. The van der Waals surface area contributed by atoms with Crippen LogP contribution in [0.4, 0.5) is 0 Å². The van der Waals surface area contributed by atoms with Crippen LogP contribution in [0.1, 0.15) is 24.2 Å². The van der Waals surface area contributed by atoms with E-state index in [9.17, 15) is 5.11 Å². The third kappa shape index (κ3) is 3.42. The molecule has 0 saturated heterocycles.